The molecule has 1 fully saturated rings. The second-order valence-electron chi connectivity index (χ2n) is 7.07. The van der Waals surface area contributed by atoms with E-state index in [-0.39, 0.29) is 11.2 Å². The summed E-state index contributed by atoms with van der Waals surface area (Å²) in [5, 5.41) is 16.4. The van der Waals surface area contributed by atoms with E-state index in [1.807, 2.05) is 28.8 Å². The molecule has 124 valence electrons. The average molecular weight is 325 g/mol. The van der Waals surface area contributed by atoms with Gasteiger partial charge in [0.15, 0.2) is 11.5 Å². The molecule has 0 saturated heterocycles. The van der Waals surface area contributed by atoms with Crippen molar-refractivity contribution in [1.29, 1.82) is 0 Å². The molecule has 1 aromatic carbocycles. The van der Waals surface area contributed by atoms with E-state index in [9.17, 15) is 4.39 Å². The van der Waals surface area contributed by atoms with Gasteiger partial charge in [-0.3, -0.25) is 0 Å². The first-order valence-electron chi connectivity index (χ1n) is 8.25. The topological polar surface area (TPSA) is 55.1 Å². The van der Waals surface area contributed by atoms with Crippen LogP contribution < -0.4 is 5.32 Å². The molecule has 0 unspecified atom stereocenters. The maximum atomic E-state index is 13.1. The van der Waals surface area contributed by atoms with Gasteiger partial charge in [0.2, 0.25) is 0 Å². The van der Waals surface area contributed by atoms with Gasteiger partial charge in [-0.05, 0) is 42.7 Å². The van der Waals surface area contributed by atoms with Crippen molar-refractivity contribution in [2.24, 2.45) is 0 Å². The first kappa shape index (κ1) is 15.1. The van der Waals surface area contributed by atoms with Crippen molar-refractivity contribution in [1.82, 2.24) is 19.8 Å². The fourth-order valence-corrected chi connectivity index (χ4v) is 2.81. The lowest BCUT2D eigenvalue weighted by Crippen LogP contribution is -2.28. The minimum Gasteiger partial charge on any atom is -0.368 e. The molecule has 0 aliphatic heterocycles. The molecule has 0 spiro atoms. The van der Waals surface area contributed by atoms with Crippen molar-refractivity contribution in [3.8, 4) is 0 Å². The number of benzene rings is 1. The number of nitrogens with one attached hydrogen (secondary N) is 1. The third-order valence-corrected chi connectivity index (χ3v) is 4.57. The van der Waals surface area contributed by atoms with E-state index in [0.29, 0.717) is 12.5 Å². The Kier molecular flexibility index (Phi) is 3.48. The first-order chi connectivity index (χ1) is 11.5. The molecule has 2 heterocycles. The predicted octanol–water partition coefficient (Wildman–Crippen LogP) is 3.53. The van der Waals surface area contributed by atoms with Crippen LogP contribution in [0.15, 0.2) is 36.4 Å². The van der Waals surface area contributed by atoms with Crippen LogP contribution in [-0.2, 0) is 5.41 Å². The Morgan fingerprint density at radius 1 is 1.12 bits per heavy atom. The molecule has 0 bridgehead atoms. The van der Waals surface area contributed by atoms with Crippen molar-refractivity contribution in [3.63, 3.8) is 0 Å². The van der Waals surface area contributed by atoms with E-state index < -0.39 is 0 Å². The summed E-state index contributed by atoms with van der Waals surface area (Å²) in [5.74, 6) is 2.03. The summed E-state index contributed by atoms with van der Waals surface area (Å²) in [4.78, 5) is 0. The molecule has 5 nitrogen and oxygen atoms in total. The van der Waals surface area contributed by atoms with Gasteiger partial charge in [-0.1, -0.05) is 26.0 Å². The number of anilines is 1. The Bertz CT molecular complexity index is 865. The summed E-state index contributed by atoms with van der Waals surface area (Å²) >= 11 is 0. The van der Waals surface area contributed by atoms with E-state index in [4.69, 9.17) is 0 Å². The normalized spacial score (nSPS) is 15.0. The SMILES string of the molecule is CC(C)(CNc1ccc2nnc(C3CC3)n2n1)c1ccc(F)cc1. The lowest BCUT2D eigenvalue weighted by Gasteiger charge is -2.26. The molecule has 1 N–H and O–H groups in total. The highest BCUT2D eigenvalue weighted by Crippen LogP contribution is 2.38. The summed E-state index contributed by atoms with van der Waals surface area (Å²) in [7, 11) is 0. The number of nitrogens with zero attached hydrogens (tertiary/aromatic N) is 4. The van der Waals surface area contributed by atoms with E-state index in [2.05, 4.69) is 34.5 Å². The van der Waals surface area contributed by atoms with E-state index in [1.165, 1.54) is 12.1 Å². The van der Waals surface area contributed by atoms with Gasteiger partial charge in [0.05, 0.1) is 0 Å². The van der Waals surface area contributed by atoms with Crippen LogP contribution in [0.3, 0.4) is 0 Å². The van der Waals surface area contributed by atoms with Crippen molar-refractivity contribution in [3.05, 3.63) is 53.6 Å². The third-order valence-electron chi connectivity index (χ3n) is 4.57. The Balaban J connectivity index is 1.53. The van der Waals surface area contributed by atoms with Crippen LogP contribution in [-0.4, -0.2) is 26.4 Å². The molecule has 0 atom stereocenters. The fourth-order valence-electron chi connectivity index (χ4n) is 2.81. The molecule has 1 aliphatic rings. The maximum Gasteiger partial charge on any atom is 0.178 e. The number of hydrogen-bond acceptors (Lipinski definition) is 4. The minimum absolute atomic E-state index is 0.142. The summed E-state index contributed by atoms with van der Waals surface area (Å²) in [6.07, 6.45) is 2.33. The number of hydrogen-bond donors (Lipinski definition) is 1. The molecule has 1 saturated carbocycles. The zero-order chi connectivity index (χ0) is 16.7. The zero-order valence-electron chi connectivity index (χ0n) is 13.8. The Labute approximate surface area is 139 Å². The van der Waals surface area contributed by atoms with Crippen LogP contribution in [0, 0.1) is 5.82 Å². The number of fused-ring (bicyclic) bond motifs is 1. The second-order valence-corrected chi connectivity index (χ2v) is 7.07. The molecule has 6 heteroatoms. The van der Waals surface area contributed by atoms with Crippen molar-refractivity contribution >= 4 is 11.5 Å². The molecule has 1 aliphatic carbocycles. The average Bonchev–Trinajstić information content (AvgIpc) is 3.33. The molecular weight excluding hydrogens is 305 g/mol. The van der Waals surface area contributed by atoms with Gasteiger partial charge in [0.25, 0.3) is 0 Å². The lowest BCUT2D eigenvalue weighted by atomic mass is 9.84. The fraction of sp³-hybridized carbons (Fsp3) is 0.389. The van der Waals surface area contributed by atoms with Crippen molar-refractivity contribution in [2.45, 2.75) is 38.0 Å². The van der Waals surface area contributed by atoms with E-state index in [0.717, 1.165) is 35.7 Å². The quantitative estimate of drug-likeness (QED) is 0.780. The predicted molar refractivity (Wildman–Crippen MR) is 90.7 cm³/mol. The van der Waals surface area contributed by atoms with Gasteiger partial charge in [-0.2, -0.15) is 4.52 Å². The Morgan fingerprint density at radius 3 is 2.58 bits per heavy atom. The molecule has 2 aromatic heterocycles. The highest BCUT2D eigenvalue weighted by Gasteiger charge is 2.29. The van der Waals surface area contributed by atoms with Gasteiger partial charge >= 0.3 is 0 Å². The highest BCUT2D eigenvalue weighted by molar-refractivity contribution is 5.45. The van der Waals surface area contributed by atoms with Crippen LogP contribution in [0.4, 0.5) is 10.2 Å². The van der Waals surface area contributed by atoms with E-state index in [1.54, 1.807) is 0 Å². The monoisotopic (exact) mass is 325 g/mol. The largest absolute Gasteiger partial charge is 0.368 e. The van der Waals surface area contributed by atoms with Gasteiger partial charge in [0, 0.05) is 17.9 Å². The summed E-state index contributed by atoms with van der Waals surface area (Å²) < 4.78 is 14.9. The summed E-state index contributed by atoms with van der Waals surface area (Å²) in [5.41, 5.74) is 1.72. The number of halogens is 1. The summed E-state index contributed by atoms with van der Waals surface area (Å²) in [6, 6.07) is 10.5. The van der Waals surface area contributed by atoms with Gasteiger partial charge in [-0.25, -0.2) is 4.39 Å². The van der Waals surface area contributed by atoms with Crippen molar-refractivity contribution in [2.75, 3.05) is 11.9 Å². The highest BCUT2D eigenvalue weighted by atomic mass is 19.1. The smallest absolute Gasteiger partial charge is 0.178 e. The molecular formula is C18H20FN5. The Hall–Kier alpha value is -2.50. The molecule has 0 radical (unpaired) electrons. The van der Waals surface area contributed by atoms with E-state index >= 15 is 0 Å². The van der Waals surface area contributed by atoms with Gasteiger partial charge < -0.3 is 5.32 Å². The minimum atomic E-state index is -0.213. The van der Waals surface area contributed by atoms with Crippen LogP contribution >= 0.6 is 0 Å². The summed E-state index contributed by atoms with van der Waals surface area (Å²) in [6.45, 7) is 4.94. The van der Waals surface area contributed by atoms with Crippen LogP contribution in [0.2, 0.25) is 0 Å². The first-order valence-corrected chi connectivity index (χ1v) is 8.25. The zero-order valence-corrected chi connectivity index (χ0v) is 13.8. The van der Waals surface area contributed by atoms with Gasteiger partial charge in [0.1, 0.15) is 11.6 Å². The van der Waals surface area contributed by atoms with Crippen LogP contribution in [0.5, 0.6) is 0 Å². The maximum absolute atomic E-state index is 13.1. The molecule has 24 heavy (non-hydrogen) atoms. The standard InChI is InChI=1S/C18H20FN5/c1-18(2,13-5-7-14(19)8-6-13)11-20-15-9-10-16-21-22-17(12-3-4-12)24(16)23-15/h5-10,12H,3-4,11H2,1-2H3,(H,20,23). The van der Waals surface area contributed by atoms with Crippen molar-refractivity contribution < 1.29 is 4.39 Å². The number of rotatable bonds is 5. The lowest BCUT2D eigenvalue weighted by molar-refractivity contribution is 0.551. The Morgan fingerprint density at radius 2 is 1.88 bits per heavy atom. The second kappa shape index (κ2) is 5.54. The molecule has 4 rings (SSSR count). The number of aromatic nitrogens is 4. The molecule has 3 aromatic rings. The van der Waals surface area contributed by atoms with Crippen LogP contribution in [0.1, 0.15) is 44.0 Å². The van der Waals surface area contributed by atoms with Gasteiger partial charge in [-0.15, -0.1) is 15.3 Å². The van der Waals surface area contributed by atoms with Crippen LogP contribution in [0.25, 0.3) is 5.65 Å². The molecule has 0 amide bonds. The third kappa shape index (κ3) is 2.84.